The third-order valence-electron chi connectivity index (χ3n) is 0.167. The predicted molar refractivity (Wildman–Crippen MR) is 21.0 cm³/mol. The van der Waals surface area contributed by atoms with Gasteiger partial charge in [-0.1, -0.05) is 0 Å². The number of nitrogens with two attached hydrogens (primary N) is 1. The molecule has 0 aromatic heterocycles. The Hall–Kier alpha value is 0.759. The van der Waals surface area contributed by atoms with E-state index < -0.39 is 0 Å². The van der Waals surface area contributed by atoms with E-state index in [0.29, 0.717) is 0 Å². The number of rotatable bonds is 1. The molecule has 4 heavy (non-hydrogen) atoms. The third kappa shape index (κ3) is 2.76. The Morgan fingerprint density at radius 1 is 1.75 bits per heavy atom. The van der Waals surface area contributed by atoms with Crippen LogP contribution in [0, 0.1) is 0 Å². The first-order valence-corrected chi connectivity index (χ1v) is 3.65. The molecular formula is C2H7NSn. The molecule has 0 fully saturated rings. The van der Waals surface area contributed by atoms with E-state index >= 15 is 0 Å². The fourth-order valence-corrected chi connectivity index (χ4v) is 0. The van der Waals surface area contributed by atoms with Gasteiger partial charge in [0.05, 0.1) is 0 Å². The molecule has 0 saturated carbocycles. The van der Waals surface area contributed by atoms with Gasteiger partial charge < -0.3 is 0 Å². The molecule has 24 valence electrons. The van der Waals surface area contributed by atoms with Crippen molar-refractivity contribution < 1.29 is 0 Å². The van der Waals surface area contributed by atoms with Gasteiger partial charge in [-0.2, -0.15) is 0 Å². The van der Waals surface area contributed by atoms with Crippen LogP contribution in [0.4, 0.5) is 0 Å². The van der Waals surface area contributed by atoms with Crippen molar-refractivity contribution in [2.75, 3.05) is 6.54 Å². The quantitative estimate of drug-likeness (QED) is 0.507. The molecule has 0 heterocycles. The van der Waals surface area contributed by atoms with Crippen molar-refractivity contribution in [2.45, 2.75) is 4.44 Å². The maximum absolute atomic E-state index is 5.06. The topological polar surface area (TPSA) is 26.0 Å². The van der Waals surface area contributed by atoms with Crippen LogP contribution in [-0.2, 0) is 0 Å². The second kappa shape index (κ2) is 3.76. The van der Waals surface area contributed by atoms with Crippen molar-refractivity contribution in [3.05, 3.63) is 0 Å². The molecule has 0 bridgehead atoms. The van der Waals surface area contributed by atoms with Gasteiger partial charge in [0.2, 0.25) is 0 Å². The number of hydrogen-bond donors (Lipinski definition) is 1. The molecule has 1 nitrogen and oxygen atoms in total. The molecular weight excluding hydrogens is 157 g/mol. The van der Waals surface area contributed by atoms with Crippen LogP contribution in [0.15, 0.2) is 0 Å². The predicted octanol–water partition coefficient (Wildman–Crippen LogP) is -0.736. The third-order valence-corrected chi connectivity index (χ3v) is 1.12. The molecule has 2 heteroatoms. The second-order valence-corrected chi connectivity index (χ2v) is 2.23. The van der Waals surface area contributed by atoms with Crippen LogP contribution in [0.5, 0.6) is 0 Å². The zero-order valence-corrected chi connectivity index (χ0v) is 5.86. The average Bonchev–Trinajstić information content (AvgIpc) is 1.37. The standard InChI is InChI=1S/C2H6N.Sn.H/c1-2-3;;/h1-3H2;;. The average molecular weight is 164 g/mol. The Morgan fingerprint density at radius 2 is 2.00 bits per heavy atom. The molecule has 0 unspecified atom stereocenters. The summed E-state index contributed by atoms with van der Waals surface area (Å²) in [7, 11) is 0. The molecule has 0 aliphatic carbocycles. The summed E-state index contributed by atoms with van der Waals surface area (Å²) in [6, 6.07) is 0. The summed E-state index contributed by atoms with van der Waals surface area (Å²) in [5.41, 5.74) is 5.06. The summed E-state index contributed by atoms with van der Waals surface area (Å²) in [6.07, 6.45) is 0. The Morgan fingerprint density at radius 3 is 2.00 bits per heavy atom. The summed E-state index contributed by atoms with van der Waals surface area (Å²) in [5, 5.41) is 0. The zero-order chi connectivity index (χ0) is 3.41. The van der Waals surface area contributed by atoms with Crippen LogP contribution in [0.3, 0.4) is 0 Å². The van der Waals surface area contributed by atoms with Crippen molar-refractivity contribution in [1.29, 1.82) is 0 Å². The maximum atomic E-state index is 5.06. The fraction of sp³-hybridized carbons (Fsp3) is 1.00. The van der Waals surface area contributed by atoms with Crippen molar-refractivity contribution in [3.8, 4) is 0 Å². The molecule has 0 saturated heterocycles. The molecule has 0 atom stereocenters. The van der Waals surface area contributed by atoms with E-state index in [-0.39, 0.29) is 0 Å². The molecule has 0 aliphatic heterocycles. The summed E-state index contributed by atoms with van der Waals surface area (Å²) < 4.78 is 1.23. The minimum absolute atomic E-state index is 0.877. The first kappa shape index (κ1) is 4.76. The van der Waals surface area contributed by atoms with Gasteiger partial charge in [0.1, 0.15) is 0 Å². The molecule has 2 N–H and O–H groups in total. The first-order valence-electron chi connectivity index (χ1n) is 1.32. The summed E-state index contributed by atoms with van der Waals surface area (Å²) in [5.74, 6) is 0. The normalized spacial score (nSPS) is 7.50. The minimum atomic E-state index is 0.877. The van der Waals surface area contributed by atoms with E-state index in [1.165, 1.54) is 27.0 Å². The summed E-state index contributed by atoms with van der Waals surface area (Å²) >= 11 is 1.32. The van der Waals surface area contributed by atoms with Gasteiger partial charge in [0.25, 0.3) is 0 Å². The van der Waals surface area contributed by atoms with E-state index in [4.69, 9.17) is 5.73 Å². The van der Waals surface area contributed by atoms with Gasteiger partial charge in [-0.05, 0) is 0 Å². The van der Waals surface area contributed by atoms with Crippen LogP contribution in [0.2, 0.25) is 4.44 Å². The van der Waals surface area contributed by atoms with Crippen molar-refractivity contribution in [3.63, 3.8) is 0 Å². The summed E-state index contributed by atoms with van der Waals surface area (Å²) in [4.78, 5) is 0. The molecule has 2 radical (unpaired) electrons. The SMILES string of the molecule is NC[CH2][SnH]. The van der Waals surface area contributed by atoms with Crippen LogP contribution in [0.1, 0.15) is 0 Å². The van der Waals surface area contributed by atoms with Crippen molar-refractivity contribution in [2.24, 2.45) is 5.73 Å². The molecule has 0 aromatic rings. The fourth-order valence-electron chi connectivity index (χ4n) is 0. The summed E-state index contributed by atoms with van der Waals surface area (Å²) in [6.45, 7) is 0.877. The van der Waals surface area contributed by atoms with E-state index in [1.807, 2.05) is 0 Å². The Balaban J connectivity index is 1.97. The van der Waals surface area contributed by atoms with Gasteiger partial charge in [0, 0.05) is 0 Å². The first-order chi connectivity index (χ1) is 1.91. The Labute approximate surface area is 39.7 Å². The van der Waals surface area contributed by atoms with Crippen molar-refractivity contribution in [1.82, 2.24) is 0 Å². The van der Waals surface area contributed by atoms with Gasteiger partial charge in [0.15, 0.2) is 0 Å². The van der Waals surface area contributed by atoms with Crippen LogP contribution in [-0.4, -0.2) is 29.1 Å². The zero-order valence-electron chi connectivity index (χ0n) is 2.57. The van der Waals surface area contributed by atoms with Gasteiger partial charge in [-0.15, -0.1) is 0 Å². The van der Waals surface area contributed by atoms with Crippen molar-refractivity contribution >= 4 is 22.5 Å². The van der Waals surface area contributed by atoms with Gasteiger partial charge in [-0.3, -0.25) is 0 Å². The van der Waals surface area contributed by atoms with Crippen LogP contribution >= 0.6 is 0 Å². The van der Waals surface area contributed by atoms with E-state index in [0.717, 1.165) is 6.54 Å². The van der Waals surface area contributed by atoms with E-state index in [9.17, 15) is 0 Å². The van der Waals surface area contributed by atoms with Gasteiger partial charge in [-0.25, -0.2) is 0 Å². The van der Waals surface area contributed by atoms with E-state index in [1.54, 1.807) is 0 Å². The molecule has 0 aliphatic rings. The molecule has 0 amide bonds. The molecule has 0 spiro atoms. The van der Waals surface area contributed by atoms with Crippen LogP contribution in [0.25, 0.3) is 0 Å². The van der Waals surface area contributed by atoms with E-state index in [2.05, 4.69) is 0 Å². The molecule has 0 aromatic carbocycles. The molecule has 0 rings (SSSR count). The second-order valence-electron chi connectivity index (χ2n) is 0.577. The van der Waals surface area contributed by atoms with Crippen LogP contribution < -0.4 is 5.73 Å². The monoisotopic (exact) mass is 165 g/mol. The Bertz CT molecular complexity index is 8.00. The Kier molecular flexibility index (Phi) is 4.47. The van der Waals surface area contributed by atoms with Gasteiger partial charge >= 0.3 is 39.2 Å². The number of hydrogen-bond acceptors (Lipinski definition) is 1.